The first-order valence-corrected chi connectivity index (χ1v) is 9.06. The van der Waals surface area contributed by atoms with Gasteiger partial charge in [0.05, 0.1) is 12.1 Å². The number of rotatable bonds is 4. The van der Waals surface area contributed by atoms with Gasteiger partial charge in [-0.15, -0.1) is 0 Å². The molecule has 0 unspecified atom stereocenters. The smallest absolute Gasteiger partial charge is 0.245 e. The SMILES string of the molecule is Cc1ccc(N2C[C@@H](C(=O)NN=Cc3ccc(I)cc3)CC2=O)cc1. The van der Waals surface area contributed by atoms with Crippen LogP contribution in [0.2, 0.25) is 0 Å². The zero-order chi connectivity index (χ0) is 17.8. The van der Waals surface area contributed by atoms with E-state index in [9.17, 15) is 9.59 Å². The molecule has 6 heteroatoms. The van der Waals surface area contributed by atoms with Crippen LogP contribution in [0.15, 0.2) is 53.6 Å². The van der Waals surface area contributed by atoms with Crippen LogP contribution < -0.4 is 10.3 Å². The van der Waals surface area contributed by atoms with Gasteiger partial charge in [-0.2, -0.15) is 5.10 Å². The quantitative estimate of drug-likeness (QED) is 0.445. The first-order chi connectivity index (χ1) is 12.0. The Hall–Kier alpha value is -2.22. The van der Waals surface area contributed by atoms with Crippen LogP contribution in [0.5, 0.6) is 0 Å². The fourth-order valence-electron chi connectivity index (χ4n) is 2.67. The third-order valence-electron chi connectivity index (χ3n) is 4.10. The van der Waals surface area contributed by atoms with Gasteiger partial charge >= 0.3 is 0 Å². The number of hydrogen-bond acceptors (Lipinski definition) is 3. The van der Waals surface area contributed by atoms with Gasteiger partial charge in [-0.25, -0.2) is 5.43 Å². The molecule has 5 nitrogen and oxygen atoms in total. The van der Waals surface area contributed by atoms with E-state index in [2.05, 4.69) is 33.1 Å². The van der Waals surface area contributed by atoms with E-state index in [1.807, 2.05) is 55.5 Å². The molecule has 1 aliphatic rings. The second kappa shape index (κ2) is 7.77. The molecule has 128 valence electrons. The minimum Gasteiger partial charge on any atom is -0.312 e. The summed E-state index contributed by atoms with van der Waals surface area (Å²) in [7, 11) is 0. The number of anilines is 1. The largest absolute Gasteiger partial charge is 0.312 e. The average Bonchev–Trinajstić information content (AvgIpc) is 2.99. The van der Waals surface area contributed by atoms with Crippen LogP contribution in [0, 0.1) is 16.4 Å². The van der Waals surface area contributed by atoms with Crippen LogP contribution in [0.4, 0.5) is 5.69 Å². The minimum atomic E-state index is -0.386. The number of aryl methyl sites for hydroxylation is 1. The van der Waals surface area contributed by atoms with Crippen LogP contribution >= 0.6 is 22.6 Å². The van der Waals surface area contributed by atoms with Crippen molar-refractivity contribution in [2.75, 3.05) is 11.4 Å². The number of hydrogen-bond donors (Lipinski definition) is 1. The highest BCUT2D eigenvalue weighted by atomic mass is 127. The van der Waals surface area contributed by atoms with Gasteiger partial charge in [-0.3, -0.25) is 9.59 Å². The van der Waals surface area contributed by atoms with Crippen LogP contribution in [-0.4, -0.2) is 24.6 Å². The Balaban J connectivity index is 1.59. The zero-order valence-corrected chi connectivity index (χ0v) is 15.9. The number of hydrazone groups is 1. The van der Waals surface area contributed by atoms with Gasteiger partial charge in [-0.1, -0.05) is 29.8 Å². The molecule has 0 aliphatic carbocycles. The number of carbonyl (C=O) groups excluding carboxylic acids is 2. The topological polar surface area (TPSA) is 61.8 Å². The number of halogens is 1. The molecular formula is C19H18IN3O2. The van der Waals surface area contributed by atoms with Crippen molar-refractivity contribution in [1.29, 1.82) is 0 Å². The van der Waals surface area contributed by atoms with Gasteiger partial charge in [0.1, 0.15) is 0 Å². The summed E-state index contributed by atoms with van der Waals surface area (Å²) in [6.45, 7) is 2.38. The van der Waals surface area contributed by atoms with Crippen molar-refractivity contribution >= 4 is 46.3 Å². The number of carbonyl (C=O) groups is 2. The Morgan fingerprint density at radius 1 is 1.20 bits per heavy atom. The van der Waals surface area contributed by atoms with Gasteiger partial charge in [-0.05, 0) is 59.3 Å². The monoisotopic (exact) mass is 447 g/mol. The van der Waals surface area contributed by atoms with Gasteiger partial charge in [0, 0.05) is 22.2 Å². The molecule has 1 fully saturated rings. The second-order valence-corrected chi connectivity index (χ2v) is 7.27. The van der Waals surface area contributed by atoms with E-state index in [0.717, 1.165) is 20.4 Å². The molecule has 0 aromatic heterocycles. The lowest BCUT2D eigenvalue weighted by molar-refractivity contribution is -0.126. The van der Waals surface area contributed by atoms with E-state index >= 15 is 0 Å². The van der Waals surface area contributed by atoms with E-state index in [4.69, 9.17) is 0 Å². The van der Waals surface area contributed by atoms with Gasteiger partial charge in [0.25, 0.3) is 0 Å². The van der Waals surface area contributed by atoms with E-state index in [-0.39, 0.29) is 24.2 Å². The molecule has 1 N–H and O–H groups in total. The summed E-state index contributed by atoms with van der Waals surface area (Å²) in [6, 6.07) is 15.5. The first kappa shape index (κ1) is 17.6. The second-order valence-electron chi connectivity index (χ2n) is 6.03. The maximum atomic E-state index is 12.3. The van der Waals surface area contributed by atoms with E-state index in [0.29, 0.717) is 6.54 Å². The van der Waals surface area contributed by atoms with Crippen molar-refractivity contribution in [2.45, 2.75) is 13.3 Å². The lowest BCUT2D eigenvalue weighted by Crippen LogP contribution is -2.30. The molecule has 1 heterocycles. The van der Waals surface area contributed by atoms with Gasteiger partial charge in [0.15, 0.2) is 0 Å². The van der Waals surface area contributed by atoms with Crippen molar-refractivity contribution in [3.63, 3.8) is 0 Å². The fourth-order valence-corrected chi connectivity index (χ4v) is 3.03. The molecule has 3 rings (SSSR count). The number of benzene rings is 2. The van der Waals surface area contributed by atoms with Crippen LogP contribution in [0.25, 0.3) is 0 Å². The molecule has 1 atom stereocenters. The Kier molecular flexibility index (Phi) is 5.47. The summed E-state index contributed by atoms with van der Waals surface area (Å²) in [4.78, 5) is 26.1. The molecule has 1 aliphatic heterocycles. The summed E-state index contributed by atoms with van der Waals surface area (Å²) >= 11 is 2.23. The third kappa shape index (κ3) is 4.45. The maximum absolute atomic E-state index is 12.3. The Bertz CT molecular complexity index is 800. The van der Waals surface area contributed by atoms with E-state index in [1.54, 1.807) is 11.1 Å². The van der Waals surface area contributed by atoms with E-state index in [1.165, 1.54) is 0 Å². The highest BCUT2D eigenvalue weighted by molar-refractivity contribution is 14.1. The normalized spacial score (nSPS) is 17.3. The molecule has 0 saturated carbocycles. The van der Waals surface area contributed by atoms with Crippen LogP contribution in [0.3, 0.4) is 0 Å². The summed E-state index contributed by atoms with van der Waals surface area (Å²) in [6.07, 6.45) is 1.81. The van der Waals surface area contributed by atoms with Crippen molar-refractivity contribution < 1.29 is 9.59 Å². The number of nitrogens with one attached hydrogen (secondary N) is 1. The fraction of sp³-hybridized carbons (Fsp3) is 0.211. The standard InChI is InChI=1S/C19H18IN3O2/c1-13-2-8-17(9-3-13)23-12-15(10-18(23)24)19(25)22-21-11-14-4-6-16(20)7-5-14/h2-9,11,15H,10,12H2,1H3,(H,22,25)/t15-/m0/s1. The summed E-state index contributed by atoms with van der Waals surface area (Å²) in [5.74, 6) is -0.655. The molecule has 1 saturated heterocycles. The molecule has 2 aromatic rings. The number of amides is 2. The lowest BCUT2D eigenvalue weighted by atomic mass is 10.1. The molecular weight excluding hydrogens is 429 g/mol. The molecule has 0 radical (unpaired) electrons. The van der Waals surface area contributed by atoms with Gasteiger partial charge in [0.2, 0.25) is 11.8 Å². The Morgan fingerprint density at radius 2 is 1.88 bits per heavy atom. The van der Waals surface area contributed by atoms with Crippen molar-refractivity contribution in [3.8, 4) is 0 Å². The Labute approximate surface area is 160 Å². The summed E-state index contributed by atoms with van der Waals surface area (Å²) in [5, 5.41) is 3.99. The highest BCUT2D eigenvalue weighted by Gasteiger charge is 2.35. The van der Waals surface area contributed by atoms with Crippen molar-refractivity contribution in [1.82, 2.24) is 5.43 Å². The van der Waals surface area contributed by atoms with Crippen LogP contribution in [-0.2, 0) is 9.59 Å². The summed E-state index contributed by atoms with van der Waals surface area (Å²) in [5.41, 5.74) is 5.41. The zero-order valence-electron chi connectivity index (χ0n) is 13.8. The molecule has 0 spiro atoms. The Morgan fingerprint density at radius 3 is 2.56 bits per heavy atom. The van der Waals surface area contributed by atoms with Crippen molar-refractivity contribution in [2.24, 2.45) is 11.0 Å². The van der Waals surface area contributed by atoms with Gasteiger partial charge < -0.3 is 4.90 Å². The number of nitrogens with zero attached hydrogens (tertiary/aromatic N) is 2. The molecule has 25 heavy (non-hydrogen) atoms. The predicted octanol–water partition coefficient (Wildman–Crippen LogP) is 3.10. The first-order valence-electron chi connectivity index (χ1n) is 7.98. The summed E-state index contributed by atoms with van der Waals surface area (Å²) < 4.78 is 1.14. The molecule has 2 aromatic carbocycles. The molecule has 2 amide bonds. The predicted molar refractivity (Wildman–Crippen MR) is 107 cm³/mol. The van der Waals surface area contributed by atoms with Crippen molar-refractivity contribution in [3.05, 3.63) is 63.2 Å². The lowest BCUT2D eigenvalue weighted by Gasteiger charge is -2.16. The van der Waals surface area contributed by atoms with E-state index < -0.39 is 0 Å². The minimum absolute atomic E-state index is 0.0365. The maximum Gasteiger partial charge on any atom is 0.245 e. The highest BCUT2D eigenvalue weighted by Crippen LogP contribution is 2.25. The van der Waals surface area contributed by atoms with Crippen LogP contribution in [0.1, 0.15) is 17.5 Å². The average molecular weight is 447 g/mol. The molecule has 0 bridgehead atoms. The third-order valence-corrected chi connectivity index (χ3v) is 4.82.